The number of aliphatic hydroxyl groups is 2. The zero-order chi connectivity index (χ0) is 13.4. The monoisotopic (exact) mass is 256 g/mol. The summed E-state index contributed by atoms with van der Waals surface area (Å²) >= 11 is 0. The summed E-state index contributed by atoms with van der Waals surface area (Å²) in [5, 5.41) is 22.5. The fourth-order valence-electron chi connectivity index (χ4n) is 1.17. The Morgan fingerprint density at radius 1 is 1.39 bits per heavy atom. The van der Waals surface area contributed by atoms with E-state index in [9.17, 15) is 9.59 Å². The molecule has 0 fully saturated rings. The first-order valence-corrected chi connectivity index (χ1v) is 5.49. The summed E-state index contributed by atoms with van der Waals surface area (Å²) in [4.78, 5) is 22.7. The van der Waals surface area contributed by atoms with Gasteiger partial charge in [0.15, 0.2) is 0 Å². The molecule has 7 heteroatoms. The van der Waals surface area contributed by atoms with Crippen molar-refractivity contribution in [3.63, 3.8) is 0 Å². The van der Waals surface area contributed by atoms with E-state index in [0.29, 0.717) is 5.56 Å². The molecule has 1 unspecified atom stereocenters. The van der Waals surface area contributed by atoms with E-state index in [1.165, 1.54) is 18.6 Å². The summed E-state index contributed by atoms with van der Waals surface area (Å²) in [5.74, 6) is -0.623. The molecule has 7 nitrogen and oxygen atoms in total. The Kier molecular flexibility index (Phi) is 5.89. The minimum Gasteiger partial charge on any atom is -0.472 e. The van der Waals surface area contributed by atoms with Crippen molar-refractivity contribution in [2.45, 2.75) is 12.5 Å². The Bertz CT molecular complexity index is 377. The van der Waals surface area contributed by atoms with Crippen LogP contribution in [0.25, 0.3) is 0 Å². The molecule has 0 aliphatic carbocycles. The van der Waals surface area contributed by atoms with Crippen LogP contribution in [0.3, 0.4) is 0 Å². The van der Waals surface area contributed by atoms with E-state index in [-0.39, 0.29) is 31.3 Å². The van der Waals surface area contributed by atoms with Crippen LogP contribution >= 0.6 is 0 Å². The molecule has 0 saturated heterocycles. The van der Waals surface area contributed by atoms with E-state index in [1.54, 1.807) is 0 Å². The van der Waals surface area contributed by atoms with Gasteiger partial charge in [-0.15, -0.1) is 0 Å². The summed E-state index contributed by atoms with van der Waals surface area (Å²) in [6.45, 7) is -0.229. The van der Waals surface area contributed by atoms with Crippen LogP contribution in [0.15, 0.2) is 23.0 Å². The molecule has 1 heterocycles. The van der Waals surface area contributed by atoms with Crippen LogP contribution < -0.4 is 10.6 Å². The van der Waals surface area contributed by atoms with Crippen molar-refractivity contribution in [3.8, 4) is 0 Å². The molecular formula is C11H16N2O5. The number of rotatable bonds is 7. The van der Waals surface area contributed by atoms with Crippen LogP contribution in [0, 0.1) is 0 Å². The van der Waals surface area contributed by atoms with E-state index in [4.69, 9.17) is 14.6 Å². The maximum absolute atomic E-state index is 11.4. The number of furan rings is 1. The van der Waals surface area contributed by atoms with Crippen LogP contribution in [0.4, 0.5) is 0 Å². The van der Waals surface area contributed by atoms with E-state index in [0.717, 1.165) is 0 Å². The molecule has 1 atom stereocenters. The average molecular weight is 256 g/mol. The molecular weight excluding hydrogens is 240 g/mol. The third-order valence-electron chi connectivity index (χ3n) is 2.17. The number of nitrogens with one attached hydrogen (secondary N) is 2. The second-order valence-electron chi connectivity index (χ2n) is 3.66. The van der Waals surface area contributed by atoms with Crippen molar-refractivity contribution in [2.75, 3.05) is 19.7 Å². The van der Waals surface area contributed by atoms with Gasteiger partial charge in [0.05, 0.1) is 24.5 Å². The molecule has 0 spiro atoms. The number of hydrogen-bond acceptors (Lipinski definition) is 5. The van der Waals surface area contributed by atoms with Gasteiger partial charge in [-0.2, -0.15) is 0 Å². The molecule has 0 aliphatic heterocycles. The highest BCUT2D eigenvalue weighted by Crippen LogP contribution is 1.98. The highest BCUT2D eigenvalue weighted by Gasteiger charge is 2.08. The quantitative estimate of drug-likeness (QED) is 0.493. The highest BCUT2D eigenvalue weighted by molar-refractivity contribution is 5.93. The lowest BCUT2D eigenvalue weighted by atomic mass is 10.3. The van der Waals surface area contributed by atoms with Gasteiger partial charge in [0.25, 0.3) is 5.91 Å². The number of hydrogen-bond donors (Lipinski definition) is 4. The Balaban J connectivity index is 2.14. The van der Waals surface area contributed by atoms with Gasteiger partial charge in [0, 0.05) is 19.5 Å². The van der Waals surface area contributed by atoms with Gasteiger partial charge in [-0.3, -0.25) is 9.59 Å². The van der Waals surface area contributed by atoms with Crippen LogP contribution in [-0.2, 0) is 4.79 Å². The first-order valence-electron chi connectivity index (χ1n) is 5.49. The maximum Gasteiger partial charge on any atom is 0.254 e. The summed E-state index contributed by atoms with van der Waals surface area (Å²) in [5.41, 5.74) is 0.395. The molecule has 4 N–H and O–H groups in total. The van der Waals surface area contributed by atoms with Crippen molar-refractivity contribution >= 4 is 11.8 Å². The van der Waals surface area contributed by atoms with E-state index in [1.807, 2.05) is 0 Å². The van der Waals surface area contributed by atoms with Crippen LogP contribution in [0.5, 0.6) is 0 Å². The smallest absolute Gasteiger partial charge is 0.254 e. The number of aliphatic hydroxyl groups excluding tert-OH is 2. The predicted octanol–water partition coefficient (Wildman–Crippen LogP) is -1.13. The SMILES string of the molecule is O=C(CCNC(=O)c1ccoc1)NCC(O)CO. The molecule has 2 amide bonds. The fourth-order valence-corrected chi connectivity index (χ4v) is 1.17. The summed E-state index contributed by atoms with van der Waals surface area (Å²) in [6, 6.07) is 1.52. The fraction of sp³-hybridized carbons (Fsp3) is 0.455. The van der Waals surface area contributed by atoms with Gasteiger partial charge in [-0.25, -0.2) is 0 Å². The Hall–Kier alpha value is -1.86. The van der Waals surface area contributed by atoms with Crippen LogP contribution in [0.1, 0.15) is 16.8 Å². The molecule has 1 rings (SSSR count). The highest BCUT2D eigenvalue weighted by atomic mass is 16.3. The summed E-state index contributed by atoms with van der Waals surface area (Å²) in [6.07, 6.45) is 1.83. The van der Waals surface area contributed by atoms with Gasteiger partial charge >= 0.3 is 0 Å². The summed E-state index contributed by atoms with van der Waals surface area (Å²) in [7, 11) is 0. The molecule has 0 aromatic carbocycles. The maximum atomic E-state index is 11.4. The van der Waals surface area contributed by atoms with Gasteiger partial charge in [-0.05, 0) is 6.07 Å². The number of carbonyl (C=O) groups excluding carboxylic acids is 2. The second-order valence-corrected chi connectivity index (χ2v) is 3.66. The lowest BCUT2D eigenvalue weighted by molar-refractivity contribution is -0.121. The third-order valence-corrected chi connectivity index (χ3v) is 2.17. The minimum absolute atomic E-state index is 0.00892. The molecule has 100 valence electrons. The van der Waals surface area contributed by atoms with Crippen molar-refractivity contribution in [1.29, 1.82) is 0 Å². The molecule has 0 bridgehead atoms. The Morgan fingerprint density at radius 2 is 2.17 bits per heavy atom. The first kappa shape index (κ1) is 14.2. The summed E-state index contributed by atoms with van der Waals surface area (Å²) < 4.78 is 4.75. The number of carbonyl (C=O) groups is 2. The lowest BCUT2D eigenvalue weighted by Crippen LogP contribution is -2.36. The third kappa shape index (κ3) is 4.98. The molecule has 18 heavy (non-hydrogen) atoms. The van der Waals surface area contributed by atoms with Crippen molar-refractivity contribution < 1.29 is 24.2 Å². The second kappa shape index (κ2) is 7.46. The van der Waals surface area contributed by atoms with Crippen molar-refractivity contribution in [1.82, 2.24) is 10.6 Å². The molecule has 0 radical (unpaired) electrons. The topological polar surface area (TPSA) is 112 Å². The molecule has 1 aromatic rings. The number of amides is 2. The normalized spacial score (nSPS) is 11.9. The van der Waals surface area contributed by atoms with Crippen LogP contribution in [0.2, 0.25) is 0 Å². The Labute approximate surface area is 104 Å². The van der Waals surface area contributed by atoms with E-state index >= 15 is 0 Å². The van der Waals surface area contributed by atoms with Crippen molar-refractivity contribution in [2.24, 2.45) is 0 Å². The zero-order valence-electron chi connectivity index (χ0n) is 9.76. The molecule has 0 saturated carbocycles. The largest absolute Gasteiger partial charge is 0.472 e. The molecule has 0 aliphatic rings. The predicted molar refractivity (Wildman–Crippen MR) is 61.8 cm³/mol. The molecule has 1 aromatic heterocycles. The van der Waals surface area contributed by atoms with Crippen LogP contribution in [-0.4, -0.2) is 47.8 Å². The van der Waals surface area contributed by atoms with Crippen molar-refractivity contribution in [3.05, 3.63) is 24.2 Å². The van der Waals surface area contributed by atoms with E-state index in [2.05, 4.69) is 10.6 Å². The lowest BCUT2D eigenvalue weighted by Gasteiger charge is -2.09. The van der Waals surface area contributed by atoms with Gasteiger partial charge < -0.3 is 25.3 Å². The minimum atomic E-state index is -0.963. The Morgan fingerprint density at radius 3 is 2.78 bits per heavy atom. The van der Waals surface area contributed by atoms with Gasteiger partial charge in [0.1, 0.15) is 6.26 Å². The van der Waals surface area contributed by atoms with Gasteiger partial charge in [-0.1, -0.05) is 0 Å². The zero-order valence-corrected chi connectivity index (χ0v) is 9.76. The average Bonchev–Trinajstić information content (AvgIpc) is 2.89. The standard InChI is InChI=1S/C11H16N2O5/c14-6-9(15)5-13-10(16)1-3-12-11(17)8-2-4-18-7-8/h2,4,7,9,14-15H,1,3,5-6H2,(H,12,17)(H,13,16). The first-order chi connectivity index (χ1) is 8.63. The van der Waals surface area contributed by atoms with E-state index < -0.39 is 12.7 Å². The van der Waals surface area contributed by atoms with Gasteiger partial charge in [0.2, 0.25) is 5.91 Å².